The van der Waals surface area contributed by atoms with Crippen LogP contribution in [-0.2, 0) is 4.74 Å². The first kappa shape index (κ1) is 32.8. The fourth-order valence-electron chi connectivity index (χ4n) is 5.45. The molecule has 0 radical (unpaired) electrons. The summed E-state index contributed by atoms with van der Waals surface area (Å²) in [7, 11) is 2.11. The number of likely N-dealkylation sites (tertiary alicyclic amines) is 3. The van der Waals surface area contributed by atoms with Gasteiger partial charge in [-0.1, -0.05) is 34.1 Å². The van der Waals surface area contributed by atoms with Crippen molar-refractivity contribution in [1.29, 1.82) is 0 Å². The van der Waals surface area contributed by atoms with Crippen LogP contribution >= 0.6 is 0 Å². The second kappa shape index (κ2) is 20.8. The molecule has 0 aromatic carbocycles. The van der Waals surface area contributed by atoms with Gasteiger partial charge < -0.3 is 20.3 Å². The number of nitrogens with zero attached hydrogens (tertiary/aromatic N) is 4. The molecule has 4 aliphatic heterocycles. The molecule has 0 bridgehead atoms. The predicted molar refractivity (Wildman–Crippen MR) is 153 cm³/mol. The molecule has 0 aliphatic carbocycles. The predicted octanol–water partition coefficient (Wildman–Crippen LogP) is 4.88. The van der Waals surface area contributed by atoms with Gasteiger partial charge in [0.1, 0.15) is 0 Å². The lowest BCUT2D eigenvalue weighted by Gasteiger charge is -2.30. The summed E-state index contributed by atoms with van der Waals surface area (Å²) >= 11 is 0. The molecule has 0 aromatic rings. The molecule has 0 amide bonds. The van der Waals surface area contributed by atoms with Gasteiger partial charge in [0, 0.05) is 13.1 Å². The molecule has 0 aromatic heterocycles. The van der Waals surface area contributed by atoms with E-state index in [0.29, 0.717) is 0 Å². The van der Waals surface area contributed by atoms with Gasteiger partial charge in [-0.3, -0.25) is 9.80 Å². The van der Waals surface area contributed by atoms with E-state index in [9.17, 15) is 0 Å². The maximum absolute atomic E-state index is 6.03. The van der Waals surface area contributed by atoms with Crippen molar-refractivity contribution in [3.8, 4) is 0 Å². The van der Waals surface area contributed by atoms with Crippen molar-refractivity contribution in [2.75, 3.05) is 85.7 Å². The molecule has 6 heteroatoms. The Morgan fingerprint density at radius 3 is 1.37 bits per heavy atom. The van der Waals surface area contributed by atoms with Crippen LogP contribution in [0, 0.1) is 0 Å². The molecule has 1 unspecified atom stereocenters. The summed E-state index contributed by atoms with van der Waals surface area (Å²) in [5.74, 6) is 0. The number of ether oxygens (including phenoxy) is 1. The molecule has 210 valence electrons. The minimum absolute atomic E-state index is 0.0278. The third-order valence-corrected chi connectivity index (χ3v) is 7.85. The molecule has 4 rings (SSSR count). The van der Waals surface area contributed by atoms with E-state index in [2.05, 4.69) is 54.3 Å². The monoisotopic (exact) mass is 498 g/mol. The minimum Gasteiger partial charge on any atom is -0.379 e. The third kappa shape index (κ3) is 14.9. The SMILES string of the molecule is CCC1(N)CCCN1C.CCCN1CCCC1.CCCN1CCCCC1.CCCN1CCOCC1. The standard InChI is InChI=1S/C8H17N.C7H16N2.C7H15NO.C7H15N/c1-2-6-9-7-4-3-5-8-9;1-3-7(8)5-4-6-9(7)2;1-2-3-8-4-6-9-7-5-8;1-2-5-8-6-3-4-7-8/h2-8H2,1H3;3-6,8H2,1-2H3;2-7H2,1H3;2-7H2,1H3. The lowest BCUT2D eigenvalue weighted by Crippen LogP contribution is -2.49. The van der Waals surface area contributed by atoms with Crippen LogP contribution in [0.4, 0.5) is 0 Å². The Hall–Kier alpha value is -0.240. The Balaban J connectivity index is 0.000000234. The molecule has 4 fully saturated rings. The van der Waals surface area contributed by atoms with Gasteiger partial charge in [-0.25, -0.2) is 0 Å². The molecule has 0 spiro atoms. The van der Waals surface area contributed by atoms with Crippen LogP contribution in [0.2, 0.25) is 0 Å². The van der Waals surface area contributed by atoms with Gasteiger partial charge >= 0.3 is 0 Å². The Bertz CT molecular complexity index is 436. The first-order valence-corrected chi connectivity index (χ1v) is 15.2. The zero-order chi connectivity index (χ0) is 25.8. The molecule has 0 saturated carbocycles. The zero-order valence-corrected chi connectivity index (χ0v) is 24.5. The number of nitrogens with two attached hydrogens (primary N) is 1. The molecular formula is C29H63N5O. The minimum atomic E-state index is 0.0278. The number of piperidine rings is 1. The van der Waals surface area contributed by atoms with E-state index >= 15 is 0 Å². The van der Waals surface area contributed by atoms with Crippen LogP contribution in [0.3, 0.4) is 0 Å². The van der Waals surface area contributed by atoms with Crippen LogP contribution in [0.1, 0.15) is 98.3 Å². The first-order valence-electron chi connectivity index (χ1n) is 15.2. The van der Waals surface area contributed by atoms with Crippen LogP contribution in [0.25, 0.3) is 0 Å². The maximum atomic E-state index is 6.03. The Morgan fingerprint density at radius 2 is 1.03 bits per heavy atom. The summed E-state index contributed by atoms with van der Waals surface area (Å²) in [6.07, 6.45) is 14.6. The first-order chi connectivity index (χ1) is 17.0. The molecule has 6 nitrogen and oxygen atoms in total. The van der Waals surface area contributed by atoms with Crippen molar-refractivity contribution in [1.82, 2.24) is 19.6 Å². The average molecular weight is 498 g/mol. The quantitative estimate of drug-likeness (QED) is 0.541. The van der Waals surface area contributed by atoms with Gasteiger partial charge in [-0.15, -0.1) is 0 Å². The van der Waals surface area contributed by atoms with Gasteiger partial charge in [0.15, 0.2) is 0 Å². The Kier molecular flexibility index (Phi) is 19.5. The molecule has 4 aliphatic rings. The van der Waals surface area contributed by atoms with E-state index in [-0.39, 0.29) is 5.66 Å². The van der Waals surface area contributed by atoms with Crippen LogP contribution in [-0.4, -0.2) is 111 Å². The Morgan fingerprint density at radius 1 is 0.600 bits per heavy atom. The van der Waals surface area contributed by atoms with E-state index in [1.165, 1.54) is 117 Å². The van der Waals surface area contributed by atoms with E-state index in [1.54, 1.807) is 0 Å². The summed E-state index contributed by atoms with van der Waals surface area (Å²) in [6.45, 7) is 23.5. The fourth-order valence-corrected chi connectivity index (χ4v) is 5.45. The van der Waals surface area contributed by atoms with Crippen molar-refractivity contribution in [2.24, 2.45) is 5.73 Å². The van der Waals surface area contributed by atoms with Gasteiger partial charge in [0.05, 0.1) is 18.9 Å². The highest BCUT2D eigenvalue weighted by atomic mass is 16.5. The van der Waals surface area contributed by atoms with Gasteiger partial charge in [-0.05, 0) is 124 Å². The lowest BCUT2D eigenvalue weighted by atomic mass is 10.1. The van der Waals surface area contributed by atoms with E-state index in [1.807, 2.05) is 0 Å². The summed E-state index contributed by atoms with van der Waals surface area (Å²) < 4.78 is 5.20. The molecule has 4 heterocycles. The second-order valence-corrected chi connectivity index (χ2v) is 10.9. The smallest absolute Gasteiger partial charge is 0.0682 e. The van der Waals surface area contributed by atoms with Crippen LogP contribution in [0.15, 0.2) is 0 Å². The summed E-state index contributed by atoms with van der Waals surface area (Å²) in [4.78, 5) is 9.82. The van der Waals surface area contributed by atoms with Gasteiger partial charge in [0.2, 0.25) is 0 Å². The molecule has 1 atom stereocenters. The fraction of sp³-hybridized carbons (Fsp3) is 1.00. The Labute approximate surface area is 219 Å². The molecule has 4 saturated heterocycles. The van der Waals surface area contributed by atoms with Gasteiger partial charge in [-0.2, -0.15) is 0 Å². The number of morpholine rings is 1. The van der Waals surface area contributed by atoms with Crippen molar-refractivity contribution in [2.45, 2.75) is 104 Å². The zero-order valence-electron chi connectivity index (χ0n) is 24.5. The summed E-state index contributed by atoms with van der Waals surface area (Å²) in [5, 5.41) is 0. The van der Waals surface area contributed by atoms with Crippen molar-refractivity contribution in [3.05, 3.63) is 0 Å². The highest BCUT2D eigenvalue weighted by Crippen LogP contribution is 2.24. The van der Waals surface area contributed by atoms with Gasteiger partial charge in [0.25, 0.3) is 0 Å². The van der Waals surface area contributed by atoms with E-state index in [4.69, 9.17) is 10.5 Å². The average Bonchev–Trinajstić information content (AvgIpc) is 3.52. The number of rotatable bonds is 7. The van der Waals surface area contributed by atoms with Crippen molar-refractivity contribution >= 4 is 0 Å². The highest BCUT2D eigenvalue weighted by Gasteiger charge is 2.32. The summed E-state index contributed by atoms with van der Waals surface area (Å²) in [5.41, 5.74) is 6.06. The van der Waals surface area contributed by atoms with Crippen molar-refractivity contribution in [3.63, 3.8) is 0 Å². The van der Waals surface area contributed by atoms with E-state index in [0.717, 1.165) is 32.7 Å². The number of hydrogen-bond acceptors (Lipinski definition) is 6. The molecule has 2 N–H and O–H groups in total. The molecule has 35 heavy (non-hydrogen) atoms. The van der Waals surface area contributed by atoms with Crippen molar-refractivity contribution < 1.29 is 4.74 Å². The summed E-state index contributed by atoms with van der Waals surface area (Å²) in [6, 6.07) is 0. The normalized spacial score (nSPS) is 26.2. The van der Waals surface area contributed by atoms with Crippen LogP contribution in [0.5, 0.6) is 0 Å². The van der Waals surface area contributed by atoms with Crippen LogP contribution < -0.4 is 5.73 Å². The topological polar surface area (TPSA) is 48.2 Å². The number of hydrogen-bond donors (Lipinski definition) is 1. The second-order valence-electron chi connectivity index (χ2n) is 10.9. The highest BCUT2D eigenvalue weighted by molar-refractivity contribution is 4.86. The lowest BCUT2D eigenvalue weighted by molar-refractivity contribution is 0.0380. The third-order valence-electron chi connectivity index (χ3n) is 7.85. The maximum Gasteiger partial charge on any atom is 0.0682 e. The molecular weight excluding hydrogens is 434 g/mol. The largest absolute Gasteiger partial charge is 0.379 e. The van der Waals surface area contributed by atoms with E-state index < -0.39 is 0 Å².